The van der Waals surface area contributed by atoms with Crippen molar-refractivity contribution in [2.45, 2.75) is 70.9 Å². The lowest BCUT2D eigenvalue weighted by atomic mass is 10.0. The Morgan fingerprint density at radius 2 is 1.72 bits per heavy atom. The summed E-state index contributed by atoms with van der Waals surface area (Å²) in [5.41, 5.74) is 2.67. The number of unbranched alkanes of at least 4 members (excludes halogenated alkanes) is 1. The van der Waals surface area contributed by atoms with Gasteiger partial charge in [0.05, 0.1) is 29.0 Å². The first-order chi connectivity index (χ1) is 21.9. The van der Waals surface area contributed by atoms with Gasteiger partial charge in [0.1, 0.15) is 5.82 Å². The van der Waals surface area contributed by atoms with Crippen LogP contribution in [0.3, 0.4) is 0 Å². The number of urea groups is 1. The molecule has 0 aliphatic rings. The third kappa shape index (κ3) is 8.11. The number of carbonyl (C=O) groups excluding carboxylic acids is 2. The number of ether oxygens (including phenoxy) is 1. The van der Waals surface area contributed by atoms with Gasteiger partial charge in [0, 0.05) is 30.8 Å². The number of nitrogens with zero attached hydrogens (tertiary/aromatic N) is 3. The summed E-state index contributed by atoms with van der Waals surface area (Å²) in [5.74, 6) is 0.647. The average Bonchev–Trinajstić information content (AvgIpc) is 3.03. The van der Waals surface area contributed by atoms with E-state index >= 15 is 0 Å². The van der Waals surface area contributed by atoms with Gasteiger partial charge in [-0.25, -0.2) is 27.7 Å². The molecule has 0 bridgehead atoms. The number of hydrogen-bond acceptors (Lipinski definition) is 7. The fourth-order valence-electron chi connectivity index (χ4n) is 4.78. The maximum Gasteiger partial charge on any atom is 0.421 e. The summed E-state index contributed by atoms with van der Waals surface area (Å²) >= 11 is 0. The van der Waals surface area contributed by atoms with Crippen LogP contribution >= 0.6 is 0 Å². The highest BCUT2D eigenvalue weighted by Gasteiger charge is 2.23. The van der Waals surface area contributed by atoms with E-state index in [1.807, 2.05) is 44.5 Å². The molecule has 4 aromatic rings. The number of aryl methyl sites for hydroxylation is 1. The minimum Gasteiger partial charge on any atom is -0.449 e. The molecule has 4 rings (SSSR count). The van der Waals surface area contributed by atoms with E-state index in [0.29, 0.717) is 46.4 Å². The lowest BCUT2D eigenvalue weighted by Crippen LogP contribution is -2.36. The number of sulfonamides is 1. The van der Waals surface area contributed by atoms with E-state index in [1.54, 1.807) is 65.0 Å². The van der Waals surface area contributed by atoms with E-state index < -0.39 is 16.1 Å². The molecule has 1 heterocycles. The molecule has 2 N–H and O–H groups in total. The fourth-order valence-corrected chi connectivity index (χ4v) is 5.90. The Bertz CT molecular complexity index is 1870. The SMILES string of the molecule is CCCCOC(=O)NS(=O)(=O)c1ccccc1-c1ccc(Cn2c(CCC)nc3ccc(NC(=O)N(C)C(C)C)cc3c2=O)cc1. The zero-order valence-corrected chi connectivity index (χ0v) is 27.7. The summed E-state index contributed by atoms with van der Waals surface area (Å²) < 4.78 is 34.8. The number of amides is 3. The van der Waals surface area contributed by atoms with Crippen molar-refractivity contribution in [3.05, 3.63) is 88.5 Å². The first-order valence-electron chi connectivity index (χ1n) is 15.4. The lowest BCUT2D eigenvalue weighted by molar-refractivity contribution is 0.151. The van der Waals surface area contributed by atoms with Crippen molar-refractivity contribution in [2.75, 3.05) is 19.0 Å². The Labute approximate surface area is 269 Å². The first kappa shape index (κ1) is 34.2. The lowest BCUT2D eigenvalue weighted by Gasteiger charge is -2.22. The van der Waals surface area contributed by atoms with Gasteiger partial charge in [-0.1, -0.05) is 62.7 Å². The number of hydrogen-bond donors (Lipinski definition) is 2. The van der Waals surface area contributed by atoms with Gasteiger partial charge in [-0.05, 0) is 62.1 Å². The van der Waals surface area contributed by atoms with Crippen molar-refractivity contribution >= 4 is 38.7 Å². The minimum absolute atomic E-state index is 0.0102. The van der Waals surface area contributed by atoms with E-state index in [4.69, 9.17) is 9.72 Å². The van der Waals surface area contributed by atoms with Crippen molar-refractivity contribution < 1.29 is 22.7 Å². The predicted octanol–water partition coefficient (Wildman–Crippen LogP) is 6.15. The molecule has 3 amide bonds. The van der Waals surface area contributed by atoms with Crippen molar-refractivity contribution in [3.63, 3.8) is 0 Å². The molecule has 0 atom stereocenters. The smallest absolute Gasteiger partial charge is 0.421 e. The minimum atomic E-state index is -4.20. The molecule has 0 saturated heterocycles. The van der Waals surface area contributed by atoms with Crippen LogP contribution in [0.1, 0.15) is 58.3 Å². The average molecular weight is 648 g/mol. The molecule has 12 heteroatoms. The summed E-state index contributed by atoms with van der Waals surface area (Å²) in [6.07, 6.45) is 1.81. The summed E-state index contributed by atoms with van der Waals surface area (Å²) in [4.78, 5) is 44.8. The maximum absolute atomic E-state index is 13.8. The second-order valence-corrected chi connectivity index (χ2v) is 13.0. The highest BCUT2D eigenvalue weighted by atomic mass is 32.2. The zero-order chi connectivity index (χ0) is 33.4. The molecule has 0 unspecified atom stereocenters. The molecule has 0 aliphatic carbocycles. The summed E-state index contributed by atoms with van der Waals surface area (Å²) in [5, 5.41) is 3.24. The molecule has 0 spiro atoms. The van der Waals surface area contributed by atoms with Gasteiger partial charge in [-0.2, -0.15) is 0 Å². The van der Waals surface area contributed by atoms with Gasteiger partial charge in [-0.3, -0.25) is 9.36 Å². The summed E-state index contributed by atoms with van der Waals surface area (Å²) in [6, 6.07) is 18.5. The van der Waals surface area contributed by atoms with Crippen LogP contribution in [-0.4, -0.2) is 54.7 Å². The van der Waals surface area contributed by atoms with E-state index in [1.165, 1.54) is 6.07 Å². The Morgan fingerprint density at radius 1 is 1.00 bits per heavy atom. The number of aromatic nitrogens is 2. The first-order valence-corrected chi connectivity index (χ1v) is 16.9. The van der Waals surface area contributed by atoms with Gasteiger partial charge in [-0.15, -0.1) is 0 Å². The molecule has 0 radical (unpaired) electrons. The van der Waals surface area contributed by atoms with Crippen LogP contribution in [0, 0.1) is 0 Å². The largest absolute Gasteiger partial charge is 0.449 e. The second kappa shape index (κ2) is 15.0. The van der Waals surface area contributed by atoms with E-state index in [-0.39, 0.29) is 35.7 Å². The Hall–Kier alpha value is -4.71. The van der Waals surface area contributed by atoms with E-state index in [9.17, 15) is 22.8 Å². The number of anilines is 1. The van der Waals surface area contributed by atoms with Crippen molar-refractivity contribution in [2.24, 2.45) is 0 Å². The Balaban J connectivity index is 1.62. The van der Waals surface area contributed by atoms with Crippen LogP contribution in [0.5, 0.6) is 0 Å². The number of carbonyl (C=O) groups is 2. The van der Waals surface area contributed by atoms with Crippen LogP contribution in [0.15, 0.2) is 76.4 Å². The van der Waals surface area contributed by atoms with Crippen molar-refractivity contribution in [1.29, 1.82) is 0 Å². The number of fused-ring (bicyclic) bond motifs is 1. The molecule has 0 saturated carbocycles. The molecule has 244 valence electrons. The molecule has 0 fully saturated rings. The summed E-state index contributed by atoms with van der Waals surface area (Å²) in [6.45, 7) is 8.16. The monoisotopic (exact) mass is 647 g/mol. The molecule has 0 aliphatic heterocycles. The zero-order valence-electron chi connectivity index (χ0n) is 26.9. The van der Waals surface area contributed by atoms with Crippen LogP contribution < -0.4 is 15.6 Å². The van der Waals surface area contributed by atoms with Crippen LogP contribution in [0.25, 0.3) is 22.0 Å². The topological polar surface area (TPSA) is 140 Å². The number of rotatable bonds is 12. The quantitative estimate of drug-likeness (QED) is 0.176. The van der Waals surface area contributed by atoms with Gasteiger partial charge < -0.3 is 15.0 Å². The van der Waals surface area contributed by atoms with Crippen molar-refractivity contribution in [3.8, 4) is 11.1 Å². The summed E-state index contributed by atoms with van der Waals surface area (Å²) in [7, 11) is -2.49. The predicted molar refractivity (Wildman–Crippen MR) is 179 cm³/mol. The van der Waals surface area contributed by atoms with Crippen LogP contribution in [0.2, 0.25) is 0 Å². The second-order valence-electron chi connectivity index (χ2n) is 11.3. The van der Waals surface area contributed by atoms with Crippen LogP contribution in [-0.2, 0) is 27.7 Å². The fraction of sp³-hybridized carbons (Fsp3) is 0.353. The normalized spacial score (nSPS) is 11.4. The van der Waals surface area contributed by atoms with Gasteiger partial charge in [0.25, 0.3) is 15.6 Å². The standard InChI is InChI=1S/C34H41N5O6S/c1-6-8-20-45-34(42)37-46(43,44)30-13-10-9-12-27(30)25-16-14-24(15-17-25)22-39-31(11-7-2)36-29-19-18-26(21-28(29)32(39)40)35-33(41)38(5)23(3)4/h9-10,12-19,21,23H,6-8,11,20,22H2,1-5H3,(H,35,41)(H,37,42). The molecular weight excluding hydrogens is 606 g/mol. The third-order valence-electron chi connectivity index (χ3n) is 7.58. The van der Waals surface area contributed by atoms with E-state index in [2.05, 4.69) is 5.32 Å². The van der Waals surface area contributed by atoms with Gasteiger partial charge in [0.2, 0.25) is 0 Å². The van der Waals surface area contributed by atoms with Crippen LogP contribution in [0.4, 0.5) is 15.3 Å². The third-order valence-corrected chi connectivity index (χ3v) is 8.95. The van der Waals surface area contributed by atoms with Crippen molar-refractivity contribution in [1.82, 2.24) is 19.2 Å². The Kier molecular flexibility index (Phi) is 11.2. The highest BCUT2D eigenvalue weighted by Crippen LogP contribution is 2.28. The molecule has 11 nitrogen and oxygen atoms in total. The molecule has 3 aromatic carbocycles. The Morgan fingerprint density at radius 3 is 2.39 bits per heavy atom. The maximum atomic E-state index is 13.8. The molecular formula is C34H41N5O6S. The molecule has 1 aromatic heterocycles. The molecule has 46 heavy (non-hydrogen) atoms. The number of nitrogens with one attached hydrogen (secondary N) is 2. The van der Waals surface area contributed by atoms with Gasteiger partial charge >= 0.3 is 12.1 Å². The van der Waals surface area contributed by atoms with E-state index in [0.717, 1.165) is 18.4 Å². The van der Waals surface area contributed by atoms with Gasteiger partial charge in [0.15, 0.2) is 0 Å². The highest BCUT2D eigenvalue weighted by molar-refractivity contribution is 7.90. The number of benzene rings is 3.